The second kappa shape index (κ2) is 11.1. The highest BCUT2D eigenvalue weighted by atomic mass is 35.5. The van der Waals surface area contributed by atoms with Crippen LogP contribution in [0.1, 0.15) is 44.9 Å². The van der Waals surface area contributed by atoms with Crippen LogP contribution in [0.25, 0.3) is 48.5 Å². The maximum atomic E-state index is 13.3. The summed E-state index contributed by atoms with van der Waals surface area (Å²) in [6.07, 6.45) is 5.87. The number of aryl methyl sites for hydroxylation is 1. The monoisotopic (exact) mass is 608 g/mol. The second-order valence-electron chi connectivity index (χ2n) is 11.4. The van der Waals surface area contributed by atoms with E-state index in [-0.39, 0.29) is 11.3 Å². The molecule has 4 aromatic heterocycles. The first-order chi connectivity index (χ1) is 20.5. The average molecular weight is 609 g/mol. The molecule has 0 radical (unpaired) electrons. The fraction of sp³-hybridized carbons (Fsp3) is 0.206. The molecule has 6 rings (SSSR count). The summed E-state index contributed by atoms with van der Waals surface area (Å²) in [4.78, 5) is 39.9. The van der Waals surface area contributed by atoms with Crippen molar-refractivity contribution in [1.82, 2.24) is 19.5 Å². The molecule has 0 N–H and O–H groups in total. The molecular formula is C34H29ClN4O3S. The minimum Gasteiger partial charge on any atom is -0.360 e. The number of Topliss-reactive ketones (excluding diaryl/α,β-unsaturated/α-hetero) is 1. The zero-order valence-electron chi connectivity index (χ0n) is 24.4. The average Bonchev–Trinajstić information content (AvgIpc) is 3.39. The number of pyridine rings is 3. The molecule has 0 spiro atoms. The Balaban J connectivity index is 1.55. The van der Waals surface area contributed by atoms with Crippen LogP contribution in [0.2, 0.25) is 5.02 Å². The summed E-state index contributed by atoms with van der Waals surface area (Å²) < 4.78 is 8.80. The largest absolute Gasteiger partial charge is 0.360 e. The lowest BCUT2D eigenvalue weighted by atomic mass is 9.90. The van der Waals surface area contributed by atoms with Crippen molar-refractivity contribution in [2.75, 3.05) is 0 Å². The van der Waals surface area contributed by atoms with E-state index in [1.54, 1.807) is 31.7 Å². The molecule has 1 atom stereocenters. The van der Waals surface area contributed by atoms with Crippen LogP contribution in [0.3, 0.4) is 0 Å². The number of carbonyl (C=O) groups is 1. The molecular weight excluding hydrogens is 580 g/mol. The van der Waals surface area contributed by atoms with Crippen LogP contribution in [0.15, 0.2) is 84.2 Å². The van der Waals surface area contributed by atoms with Crippen molar-refractivity contribution in [3.05, 3.63) is 106 Å². The van der Waals surface area contributed by atoms with Gasteiger partial charge in [0.15, 0.2) is 5.78 Å². The molecule has 0 amide bonds. The lowest BCUT2D eigenvalue weighted by Crippen LogP contribution is -2.27. The van der Waals surface area contributed by atoms with Gasteiger partial charge in [-0.05, 0) is 93.6 Å². The Morgan fingerprint density at radius 2 is 1.79 bits per heavy atom. The van der Waals surface area contributed by atoms with Crippen molar-refractivity contribution >= 4 is 49.7 Å². The third-order valence-electron chi connectivity index (χ3n) is 7.11. The number of nitrogens with zero attached hydrogens (tertiary/aromatic N) is 4. The second-order valence-corrected chi connectivity index (χ2v) is 12.9. The highest BCUT2D eigenvalue weighted by Gasteiger charge is 2.30. The van der Waals surface area contributed by atoms with Crippen LogP contribution in [0.5, 0.6) is 0 Å². The number of hydrogen-bond acceptors (Lipinski definition) is 7. The number of rotatable bonds is 6. The normalized spacial score (nSPS) is 12.6. The maximum Gasteiger partial charge on any atom is 0.265 e. The van der Waals surface area contributed by atoms with Crippen LogP contribution < -0.4 is 5.56 Å². The zero-order chi connectivity index (χ0) is 30.5. The number of fused-ring (bicyclic) bond motifs is 2. The van der Waals surface area contributed by atoms with E-state index < -0.39 is 11.7 Å². The molecule has 0 aliphatic rings. The van der Waals surface area contributed by atoms with Gasteiger partial charge in [-0.1, -0.05) is 23.7 Å². The number of carbonyl (C=O) groups excluding carboxylic acids is 1. The Bertz CT molecular complexity index is 2080. The summed E-state index contributed by atoms with van der Waals surface area (Å²) in [7, 11) is 0. The fourth-order valence-electron chi connectivity index (χ4n) is 5.22. The van der Waals surface area contributed by atoms with E-state index in [0.717, 1.165) is 48.4 Å². The Kier molecular flexibility index (Phi) is 7.46. The van der Waals surface area contributed by atoms with Crippen molar-refractivity contribution < 1.29 is 9.53 Å². The van der Waals surface area contributed by atoms with Gasteiger partial charge in [0.2, 0.25) is 0 Å². The van der Waals surface area contributed by atoms with Gasteiger partial charge in [-0.2, -0.15) is 0 Å². The zero-order valence-corrected chi connectivity index (χ0v) is 26.0. The predicted octanol–water partition coefficient (Wildman–Crippen LogP) is 8.13. The van der Waals surface area contributed by atoms with Crippen LogP contribution in [-0.2, 0) is 9.53 Å². The summed E-state index contributed by atoms with van der Waals surface area (Å²) in [5.41, 5.74) is 4.42. The van der Waals surface area contributed by atoms with Gasteiger partial charge in [0, 0.05) is 46.5 Å². The van der Waals surface area contributed by atoms with Crippen LogP contribution in [-0.4, -0.2) is 30.9 Å². The Hall–Kier alpha value is -4.24. The molecule has 0 fully saturated rings. The van der Waals surface area contributed by atoms with Crippen molar-refractivity contribution in [2.45, 2.75) is 46.3 Å². The molecule has 6 aromatic rings. The van der Waals surface area contributed by atoms with Crippen molar-refractivity contribution in [1.29, 1.82) is 0 Å². The van der Waals surface area contributed by atoms with Gasteiger partial charge in [0.1, 0.15) is 16.9 Å². The van der Waals surface area contributed by atoms with Crippen molar-refractivity contribution in [3.8, 4) is 27.5 Å². The third kappa shape index (κ3) is 5.61. The predicted molar refractivity (Wildman–Crippen MR) is 173 cm³/mol. The first-order valence-electron chi connectivity index (χ1n) is 13.8. The van der Waals surface area contributed by atoms with Gasteiger partial charge in [-0.15, -0.1) is 11.3 Å². The molecule has 0 saturated heterocycles. The van der Waals surface area contributed by atoms with E-state index in [9.17, 15) is 9.59 Å². The van der Waals surface area contributed by atoms with Gasteiger partial charge >= 0.3 is 0 Å². The third-order valence-corrected chi connectivity index (χ3v) is 8.50. The number of ether oxygens (including phenoxy) is 1. The Morgan fingerprint density at radius 1 is 1.02 bits per heavy atom. The lowest BCUT2D eigenvalue weighted by molar-refractivity contribution is -0.138. The first kappa shape index (κ1) is 28.9. The Morgan fingerprint density at radius 3 is 2.51 bits per heavy atom. The molecule has 0 unspecified atom stereocenters. The number of hydrogen-bond donors (Lipinski definition) is 0. The molecule has 216 valence electrons. The molecule has 7 nitrogen and oxygen atoms in total. The molecule has 0 aliphatic carbocycles. The molecule has 2 aromatic carbocycles. The number of benzene rings is 2. The summed E-state index contributed by atoms with van der Waals surface area (Å²) in [5, 5.41) is 2.72. The smallest absolute Gasteiger partial charge is 0.265 e. The number of halogens is 1. The minimum atomic E-state index is -0.762. The Labute approximate surface area is 257 Å². The first-order valence-corrected chi connectivity index (χ1v) is 15.0. The van der Waals surface area contributed by atoms with Gasteiger partial charge in [-0.3, -0.25) is 19.1 Å². The lowest BCUT2D eigenvalue weighted by Gasteiger charge is -2.29. The fourth-order valence-corrected chi connectivity index (χ4v) is 6.47. The topological polar surface area (TPSA) is 87.0 Å². The van der Waals surface area contributed by atoms with Gasteiger partial charge in [-0.25, -0.2) is 9.97 Å². The van der Waals surface area contributed by atoms with E-state index in [1.165, 1.54) is 15.9 Å². The summed E-state index contributed by atoms with van der Waals surface area (Å²) in [6, 6.07) is 17.0. The number of thiazole rings is 1. The van der Waals surface area contributed by atoms with Gasteiger partial charge in [0.25, 0.3) is 5.56 Å². The maximum absolute atomic E-state index is 13.3. The van der Waals surface area contributed by atoms with E-state index in [1.807, 2.05) is 82.3 Å². The highest BCUT2D eigenvalue weighted by molar-refractivity contribution is 7.22. The van der Waals surface area contributed by atoms with Crippen LogP contribution in [0, 0.1) is 6.92 Å². The molecule has 4 heterocycles. The molecule has 0 bridgehead atoms. The quantitative estimate of drug-likeness (QED) is 0.190. The van der Waals surface area contributed by atoms with Gasteiger partial charge in [0.05, 0.1) is 21.2 Å². The SMILES string of the molecule is CC(=O)[C@@H](OC(C)(C)C)c1c(C)cc2nc(-c3ccnc(-n4ccc5ccncc5c4=O)c3)sc2c1-c1ccc(Cl)cc1. The van der Waals surface area contributed by atoms with E-state index in [2.05, 4.69) is 9.97 Å². The van der Waals surface area contributed by atoms with E-state index in [0.29, 0.717) is 16.2 Å². The summed E-state index contributed by atoms with van der Waals surface area (Å²) in [6.45, 7) is 9.39. The number of aromatic nitrogens is 4. The molecule has 43 heavy (non-hydrogen) atoms. The van der Waals surface area contributed by atoms with Crippen LogP contribution >= 0.6 is 22.9 Å². The summed E-state index contributed by atoms with van der Waals surface area (Å²) >= 11 is 7.78. The van der Waals surface area contributed by atoms with E-state index >= 15 is 0 Å². The molecule has 0 aliphatic heterocycles. The summed E-state index contributed by atoms with van der Waals surface area (Å²) in [5.74, 6) is 0.407. The van der Waals surface area contributed by atoms with E-state index in [4.69, 9.17) is 21.3 Å². The molecule has 9 heteroatoms. The van der Waals surface area contributed by atoms with Crippen LogP contribution in [0.4, 0.5) is 0 Å². The van der Waals surface area contributed by atoms with Crippen molar-refractivity contribution in [3.63, 3.8) is 0 Å². The van der Waals surface area contributed by atoms with Gasteiger partial charge < -0.3 is 4.74 Å². The highest BCUT2D eigenvalue weighted by Crippen LogP contribution is 2.44. The molecule has 0 saturated carbocycles. The minimum absolute atomic E-state index is 0.0767. The van der Waals surface area contributed by atoms with Crippen molar-refractivity contribution in [2.24, 2.45) is 0 Å². The number of ketones is 1. The standard InChI is InChI=1S/C34H29ClN4O3S/c1-19-16-26-31(29(22-6-8-24(35)9-7-22)28(19)30(20(2)40)42-34(3,4)5)43-32(38-26)23-11-14-37-27(17-23)39-15-12-21-10-13-36-18-25(21)33(39)41/h6-18,30H,1-5H3/t30-/m1/s1.